The third kappa shape index (κ3) is 4.92. The van der Waals surface area contributed by atoms with Crippen molar-refractivity contribution in [2.24, 2.45) is 0 Å². The number of hydrogen-bond donors (Lipinski definition) is 1. The van der Waals surface area contributed by atoms with Crippen LogP contribution in [0.2, 0.25) is 5.02 Å². The molecule has 0 radical (unpaired) electrons. The van der Waals surface area contributed by atoms with Crippen molar-refractivity contribution in [3.05, 3.63) is 71.7 Å². The van der Waals surface area contributed by atoms with Crippen LogP contribution in [0.15, 0.2) is 65.2 Å². The first-order valence-electron chi connectivity index (χ1n) is 7.84. The number of likely N-dealkylation sites (N-methyl/N-ethyl adjacent to an activating group) is 1. The number of oxazole rings is 1. The summed E-state index contributed by atoms with van der Waals surface area (Å²) in [5.74, 6) is 1.18. The molecule has 0 bridgehead atoms. The van der Waals surface area contributed by atoms with Crippen LogP contribution in [0.4, 0.5) is 5.69 Å². The quantitative estimate of drug-likeness (QED) is 0.724. The fourth-order valence-corrected chi connectivity index (χ4v) is 2.51. The van der Waals surface area contributed by atoms with Crippen LogP contribution in [0.3, 0.4) is 0 Å². The maximum absolute atomic E-state index is 12.1. The van der Waals surface area contributed by atoms with Gasteiger partial charge in [-0.25, -0.2) is 4.98 Å². The Morgan fingerprint density at radius 2 is 1.88 bits per heavy atom. The molecule has 1 heterocycles. The van der Waals surface area contributed by atoms with Crippen LogP contribution in [-0.4, -0.2) is 29.4 Å². The molecule has 1 amide bonds. The van der Waals surface area contributed by atoms with E-state index in [2.05, 4.69) is 10.3 Å². The molecule has 0 saturated heterocycles. The minimum absolute atomic E-state index is 0.111. The van der Waals surface area contributed by atoms with Crippen molar-refractivity contribution in [3.8, 4) is 11.3 Å². The van der Waals surface area contributed by atoms with E-state index in [0.29, 0.717) is 23.1 Å². The minimum atomic E-state index is -0.111. The molecule has 0 aliphatic rings. The summed E-state index contributed by atoms with van der Waals surface area (Å²) in [7, 11) is 1.84. The van der Waals surface area contributed by atoms with Gasteiger partial charge in [-0.1, -0.05) is 41.9 Å². The lowest BCUT2D eigenvalue weighted by Gasteiger charge is -2.14. The maximum atomic E-state index is 12.1. The van der Waals surface area contributed by atoms with Gasteiger partial charge in [-0.3, -0.25) is 9.69 Å². The smallest absolute Gasteiger partial charge is 0.238 e. The van der Waals surface area contributed by atoms with Crippen LogP contribution in [0.25, 0.3) is 11.3 Å². The van der Waals surface area contributed by atoms with Crippen LogP contribution in [0, 0.1) is 0 Å². The molecule has 0 spiro atoms. The number of aromatic nitrogens is 1. The summed E-state index contributed by atoms with van der Waals surface area (Å²) in [6.45, 7) is 0.673. The normalized spacial score (nSPS) is 10.8. The molecule has 2 aromatic carbocycles. The van der Waals surface area contributed by atoms with E-state index in [0.717, 1.165) is 11.3 Å². The SMILES string of the molecule is CN(CC(=O)Nc1ccc(Cl)cc1)Cc1ncc(-c2ccccc2)o1. The Morgan fingerprint density at radius 3 is 2.60 bits per heavy atom. The van der Waals surface area contributed by atoms with Crippen molar-refractivity contribution in [2.45, 2.75) is 6.54 Å². The predicted octanol–water partition coefficient (Wildman–Crippen LogP) is 4.07. The van der Waals surface area contributed by atoms with E-state index >= 15 is 0 Å². The number of hydrogen-bond acceptors (Lipinski definition) is 4. The minimum Gasteiger partial charge on any atom is -0.439 e. The Morgan fingerprint density at radius 1 is 1.16 bits per heavy atom. The van der Waals surface area contributed by atoms with Crippen molar-refractivity contribution < 1.29 is 9.21 Å². The Balaban J connectivity index is 1.54. The molecule has 128 valence electrons. The average Bonchev–Trinajstić information content (AvgIpc) is 3.06. The molecule has 5 nitrogen and oxygen atoms in total. The summed E-state index contributed by atoms with van der Waals surface area (Å²) in [5, 5.41) is 3.46. The lowest BCUT2D eigenvalue weighted by Crippen LogP contribution is -2.29. The molecule has 0 saturated carbocycles. The van der Waals surface area contributed by atoms with Crippen LogP contribution in [-0.2, 0) is 11.3 Å². The second kappa shape index (κ2) is 7.96. The number of rotatable bonds is 6. The lowest BCUT2D eigenvalue weighted by atomic mass is 10.2. The van der Waals surface area contributed by atoms with Gasteiger partial charge in [0.15, 0.2) is 5.76 Å². The third-order valence-corrected chi connectivity index (χ3v) is 3.81. The summed E-state index contributed by atoms with van der Waals surface area (Å²) < 4.78 is 5.75. The summed E-state index contributed by atoms with van der Waals surface area (Å²) in [4.78, 5) is 18.2. The average molecular weight is 356 g/mol. The molecule has 0 atom stereocenters. The first-order chi connectivity index (χ1) is 12.1. The van der Waals surface area contributed by atoms with Gasteiger partial charge in [0.1, 0.15) is 0 Å². The fraction of sp³-hybridized carbons (Fsp3) is 0.158. The zero-order valence-electron chi connectivity index (χ0n) is 13.8. The van der Waals surface area contributed by atoms with Gasteiger partial charge in [0.25, 0.3) is 0 Å². The van der Waals surface area contributed by atoms with E-state index in [1.165, 1.54) is 0 Å². The molecule has 0 aliphatic heterocycles. The van der Waals surface area contributed by atoms with E-state index < -0.39 is 0 Å². The second-order valence-corrected chi connectivity index (χ2v) is 6.15. The van der Waals surface area contributed by atoms with Crippen LogP contribution in [0.1, 0.15) is 5.89 Å². The number of nitrogens with one attached hydrogen (secondary N) is 1. The molecule has 3 rings (SSSR count). The van der Waals surface area contributed by atoms with Gasteiger partial charge in [-0.2, -0.15) is 0 Å². The Labute approximate surface area is 151 Å². The van der Waals surface area contributed by atoms with Crippen molar-refractivity contribution in [2.75, 3.05) is 18.9 Å². The summed E-state index contributed by atoms with van der Waals surface area (Å²) in [5.41, 5.74) is 1.69. The van der Waals surface area contributed by atoms with Gasteiger partial charge >= 0.3 is 0 Å². The predicted molar refractivity (Wildman–Crippen MR) is 98.4 cm³/mol. The summed E-state index contributed by atoms with van der Waals surface area (Å²) in [6.07, 6.45) is 1.70. The first-order valence-corrected chi connectivity index (χ1v) is 8.22. The topological polar surface area (TPSA) is 58.4 Å². The van der Waals surface area contributed by atoms with Crippen LogP contribution in [0.5, 0.6) is 0 Å². The van der Waals surface area contributed by atoms with Gasteiger partial charge in [0.05, 0.1) is 19.3 Å². The van der Waals surface area contributed by atoms with E-state index in [1.54, 1.807) is 30.5 Å². The van der Waals surface area contributed by atoms with Crippen molar-refractivity contribution in [3.63, 3.8) is 0 Å². The number of carbonyl (C=O) groups is 1. The van der Waals surface area contributed by atoms with E-state index in [4.69, 9.17) is 16.0 Å². The van der Waals surface area contributed by atoms with Gasteiger partial charge in [-0.15, -0.1) is 0 Å². The van der Waals surface area contributed by atoms with E-state index in [-0.39, 0.29) is 12.5 Å². The number of amides is 1. The molecule has 0 unspecified atom stereocenters. The number of nitrogens with zero attached hydrogens (tertiary/aromatic N) is 2. The molecule has 0 fully saturated rings. The van der Waals surface area contributed by atoms with Crippen molar-refractivity contribution in [1.29, 1.82) is 0 Å². The maximum Gasteiger partial charge on any atom is 0.238 e. The van der Waals surface area contributed by atoms with Gasteiger partial charge < -0.3 is 9.73 Å². The monoisotopic (exact) mass is 355 g/mol. The second-order valence-electron chi connectivity index (χ2n) is 5.71. The van der Waals surface area contributed by atoms with Crippen molar-refractivity contribution in [1.82, 2.24) is 9.88 Å². The highest BCUT2D eigenvalue weighted by Gasteiger charge is 2.12. The van der Waals surface area contributed by atoms with Crippen LogP contribution >= 0.6 is 11.6 Å². The first kappa shape index (κ1) is 17.2. The standard InChI is InChI=1S/C19H18ClN3O2/c1-23(12-18(24)22-16-9-7-15(20)8-10-16)13-19-21-11-17(25-19)14-5-3-2-4-6-14/h2-11H,12-13H2,1H3,(H,22,24). The number of anilines is 1. The molecule has 25 heavy (non-hydrogen) atoms. The molecular weight excluding hydrogens is 338 g/mol. The lowest BCUT2D eigenvalue weighted by molar-refractivity contribution is -0.117. The highest BCUT2D eigenvalue weighted by molar-refractivity contribution is 6.30. The highest BCUT2D eigenvalue weighted by atomic mass is 35.5. The number of benzene rings is 2. The van der Waals surface area contributed by atoms with Crippen LogP contribution < -0.4 is 5.32 Å². The summed E-state index contributed by atoms with van der Waals surface area (Å²) in [6, 6.07) is 16.8. The Bertz CT molecular complexity index is 831. The van der Waals surface area contributed by atoms with Crippen molar-refractivity contribution >= 4 is 23.2 Å². The molecule has 3 aromatic rings. The van der Waals surface area contributed by atoms with Gasteiger partial charge in [0, 0.05) is 16.3 Å². The molecule has 1 aromatic heterocycles. The number of carbonyl (C=O) groups excluding carboxylic acids is 1. The summed E-state index contributed by atoms with van der Waals surface area (Å²) >= 11 is 5.83. The molecule has 0 aliphatic carbocycles. The molecular formula is C19H18ClN3O2. The highest BCUT2D eigenvalue weighted by Crippen LogP contribution is 2.20. The molecule has 6 heteroatoms. The Hall–Kier alpha value is -2.63. The zero-order chi connectivity index (χ0) is 17.6. The van der Waals surface area contributed by atoms with Gasteiger partial charge in [0.2, 0.25) is 11.8 Å². The van der Waals surface area contributed by atoms with Gasteiger partial charge in [-0.05, 0) is 31.3 Å². The Kier molecular flexibility index (Phi) is 5.48. The van der Waals surface area contributed by atoms with E-state index in [9.17, 15) is 4.79 Å². The zero-order valence-corrected chi connectivity index (χ0v) is 14.5. The number of halogens is 1. The third-order valence-electron chi connectivity index (χ3n) is 3.56. The van der Waals surface area contributed by atoms with E-state index in [1.807, 2.05) is 42.3 Å². The largest absolute Gasteiger partial charge is 0.439 e. The fourth-order valence-electron chi connectivity index (χ4n) is 2.38. The molecule has 1 N–H and O–H groups in total.